The molecular weight excluding hydrogens is 166 g/mol. The molecule has 1 saturated carbocycles. The summed E-state index contributed by atoms with van der Waals surface area (Å²) in [5.41, 5.74) is 6.19. The summed E-state index contributed by atoms with van der Waals surface area (Å²) in [4.78, 5) is 0. The second-order valence-corrected chi connectivity index (χ2v) is 4.54. The molecule has 1 aliphatic rings. The molecule has 0 bridgehead atoms. The van der Waals surface area contributed by atoms with E-state index in [0.717, 1.165) is 0 Å². The molecule has 0 heterocycles. The van der Waals surface area contributed by atoms with Crippen LogP contribution in [0.4, 0.5) is 0 Å². The van der Waals surface area contributed by atoms with E-state index in [1.54, 1.807) is 0 Å². The van der Waals surface area contributed by atoms with E-state index in [2.05, 4.69) is 6.58 Å². The zero-order valence-corrected chi connectivity index (χ0v) is 6.84. The van der Waals surface area contributed by atoms with E-state index < -0.39 is 15.4 Å². The Hall–Kier alpha value is -0.390. The fourth-order valence-corrected chi connectivity index (χ4v) is 2.08. The van der Waals surface area contributed by atoms with Crippen LogP contribution in [0.2, 0.25) is 0 Å². The van der Waals surface area contributed by atoms with Gasteiger partial charge in [-0.25, -0.2) is 0 Å². The van der Waals surface area contributed by atoms with E-state index in [1.807, 2.05) is 0 Å². The highest BCUT2D eigenvalue weighted by Crippen LogP contribution is 2.26. The number of hydrogen-bond acceptors (Lipinski definition) is 3. The number of rotatable bonds is 1. The molecule has 3 N–H and O–H groups in total. The Bertz CT molecular complexity index is 270. The van der Waals surface area contributed by atoms with Crippen molar-refractivity contribution < 1.29 is 13.0 Å². The molecule has 1 rings (SSSR count). The minimum atomic E-state index is -3.91. The third kappa shape index (κ3) is 1.79. The first-order valence-corrected chi connectivity index (χ1v) is 4.81. The summed E-state index contributed by atoms with van der Waals surface area (Å²) >= 11 is 0. The first-order chi connectivity index (χ1) is 4.91. The van der Waals surface area contributed by atoms with E-state index in [9.17, 15) is 8.42 Å². The topological polar surface area (TPSA) is 80.4 Å². The average Bonchev–Trinajstić information content (AvgIpc) is 2.11. The second-order valence-electron chi connectivity index (χ2n) is 2.84. The SMILES string of the molecule is C=C1CC(S(=O)(=O)O)CC1N. The summed E-state index contributed by atoms with van der Waals surface area (Å²) in [5, 5.41) is -0.731. The van der Waals surface area contributed by atoms with Gasteiger partial charge in [-0.1, -0.05) is 12.2 Å². The maximum Gasteiger partial charge on any atom is 0.268 e. The molecule has 0 radical (unpaired) electrons. The van der Waals surface area contributed by atoms with Crippen LogP contribution in [-0.2, 0) is 10.1 Å². The minimum absolute atomic E-state index is 0.276. The zero-order chi connectivity index (χ0) is 8.65. The van der Waals surface area contributed by atoms with Gasteiger partial charge in [-0.2, -0.15) is 8.42 Å². The molecule has 5 heteroatoms. The fourth-order valence-electron chi connectivity index (χ4n) is 1.20. The van der Waals surface area contributed by atoms with Crippen molar-refractivity contribution in [3.63, 3.8) is 0 Å². The lowest BCUT2D eigenvalue weighted by Crippen LogP contribution is -2.21. The predicted octanol–water partition coefficient (Wildman–Crippen LogP) is -0.0799. The van der Waals surface area contributed by atoms with Gasteiger partial charge in [-0.15, -0.1) is 0 Å². The Morgan fingerprint density at radius 2 is 2.18 bits per heavy atom. The van der Waals surface area contributed by atoms with Gasteiger partial charge in [-0.3, -0.25) is 4.55 Å². The molecule has 0 aromatic carbocycles. The molecule has 0 spiro atoms. The molecular formula is C6H11NO3S. The second kappa shape index (κ2) is 2.58. The fraction of sp³-hybridized carbons (Fsp3) is 0.667. The Balaban J connectivity index is 2.77. The quantitative estimate of drug-likeness (QED) is 0.433. The van der Waals surface area contributed by atoms with E-state index in [0.29, 0.717) is 12.0 Å². The summed E-state index contributed by atoms with van der Waals surface area (Å²) in [6, 6.07) is -0.276. The van der Waals surface area contributed by atoms with E-state index in [-0.39, 0.29) is 12.5 Å². The number of nitrogens with two attached hydrogens (primary N) is 1. The van der Waals surface area contributed by atoms with Gasteiger partial charge in [0.2, 0.25) is 0 Å². The molecule has 0 amide bonds. The molecule has 1 aliphatic carbocycles. The first kappa shape index (κ1) is 8.70. The predicted molar refractivity (Wildman–Crippen MR) is 41.7 cm³/mol. The maximum atomic E-state index is 10.6. The first-order valence-electron chi connectivity index (χ1n) is 3.31. The van der Waals surface area contributed by atoms with Crippen LogP contribution in [0.5, 0.6) is 0 Å². The molecule has 2 atom stereocenters. The van der Waals surface area contributed by atoms with Crippen molar-refractivity contribution in [3.8, 4) is 0 Å². The van der Waals surface area contributed by atoms with Crippen molar-refractivity contribution in [2.45, 2.75) is 24.1 Å². The van der Waals surface area contributed by atoms with Crippen LogP contribution >= 0.6 is 0 Å². The van der Waals surface area contributed by atoms with Crippen LogP contribution in [0.3, 0.4) is 0 Å². The van der Waals surface area contributed by atoms with Gasteiger partial charge >= 0.3 is 0 Å². The summed E-state index contributed by atoms with van der Waals surface area (Å²) in [7, 11) is -3.91. The van der Waals surface area contributed by atoms with E-state index >= 15 is 0 Å². The molecule has 11 heavy (non-hydrogen) atoms. The molecule has 0 aromatic rings. The van der Waals surface area contributed by atoms with Gasteiger partial charge in [0.15, 0.2) is 0 Å². The third-order valence-corrected chi connectivity index (χ3v) is 3.15. The molecule has 0 saturated heterocycles. The lowest BCUT2D eigenvalue weighted by molar-refractivity contribution is 0.466. The van der Waals surface area contributed by atoms with Crippen molar-refractivity contribution in [3.05, 3.63) is 12.2 Å². The van der Waals surface area contributed by atoms with Gasteiger partial charge in [0.25, 0.3) is 10.1 Å². The van der Waals surface area contributed by atoms with Crippen LogP contribution in [0.1, 0.15) is 12.8 Å². The highest BCUT2D eigenvalue weighted by Gasteiger charge is 2.33. The third-order valence-electron chi connectivity index (χ3n) is 1.95. The van der Waals surface area contributed by atoms with Crippen LogP contribution in [0.15, 0.2) is 12.2 Å². The van der Waals surface area contributed by atoms with Gasteiger partial charge < -0.3 is 5.73 Å². The van der Waals surface area contributed by atoms with E-state index in [4.69, 9.17) is 10.3 Å². The summed E-state index contributed by atoms with van der Waals surface area (Å²) in [5.74, 6) is 0. The van der Waals surface area contributed by atoms with Crippen molar-refractivity contribution in [2.75, 3.05) is 0 Å². The minimum Gasteiger partial charge on any atom is -0.324 e. The maximum absolute atomic E-state index is 10.6. The largest absolute Gasteiger partial charge is 0.324 e. The Kier molecular flexibility index (Phi) is 2.04. The highest BCUT2D eigenvalue weighted by molar-refractivity contribution is 7.86. The van der Waals surface area contributed by atoms with Gasteiger partial charge in [0, 0.05) is 6.04 Å². The molecule has 2 unspecified atom stereocenters. The van der Waals surface area contributed by atoms with Gasteiger partial charge in [-0.05, 0) is 12.8 Å². The van der Waals surface area contributed by atoms with Crippen LogP contribution in [0.25, 0.3) is 0 Å². The molecule has 0 aliphatic heterocycles. The van der Waals surface area contributed by atoms with Crippen molar-refractivity contribution in [1.82, 2.24) is 0 Å². The normalized spacial score (nSPS) is 32.7. The summed E-state index contributed by atoms with van der Waals surface area (Å²) in [6.07, 6.45) is 0.581. The van der Waals surface area contributed by atoms with Gasteiger partial charge in [0.1, 0.15) is 0 Å². The number of hydrogen-bond donors (Lipinski definition) is 2. The molecule has 4 nitrogen and oxygen atoms in total. The standard InChI is InChI=1S/C6H11NO3S/c1-4-2-5(3-6(4)7)11(8,9)10/h5-6H,1-3,7H2,(H,8,9,10). The Labute approximate surface area is 65.8 Å². The molecule has 0 aromatic heterocycles. The molecule has 1 fully saturated rings. The zero-order valence-electron chi connectivity index (χ0n) is 6.03. The monoisotopic (exact) mass is 177 g/mol. The molecule has 64 valence electrons. The Morgan fingerprint density at radius 1 is 1.64 bits per heavy atom. The lowest BCUT2D eigenvalue weighted by Gasteiger charge is -2.02. The lowest BCUT2D eigenvalue weighted by atomic mass is 10.2. The van der Waals surface area contributed by atoms with Crippen molar-refractivity contribution in [1.29, 1.82) is 0 Å². The highest BCUT2D eigenvalue weighted by atomic mass is 32.2. The summed E-state index contributed by atoms with van der Waals surface area (Å²) in [6.45, 7) is 3.60. The van der Waals surface area contributed by atoms with Crippen molar-refractivity contribution >= 4 is 10.1 Å². The smallest absolute Gasteiger partial charge is 0.268 e. The van der Waals surface area contributed by atoms with Crippen LogP contribution < -0.4 is 5.73 Å². The van der Waals surface area contributed by atoms with Crippen LogP contribution in [-0.4, -0.2) is 24.3 Å². The van der Waals surface area contributed by atoms with Crippen LogP contribution in [0, 0.1) is 0 Å². The van der Waals surface area contributed by atoms with Gasteiger partial charge in [0.05, 0.1) is 5.25 Å². The average molecular weight is 177 g/mol. The van der Waals surface area contributed by atoms with E-state index in [1.165, 1.54) is 0 Å². The van der Waals surface area contributed by atoms with Crippen molar-refractivity contribution in [2.24, 2.45) is 5.73 Å². The Morgan fingerprint density at radius 3 is 2.36 bits per heavy atom. The summed E-state index contributed by atoms with van der Waals surface area (Å²) < 4.78 is 29.8.